The minimum atomic E-state index is -0.827. The third kappa shape index (κ3) is 52.9. The number of esters is 3. The van der Waals surface area contributed by atoms with Gasteiger partial charge in [0.25, 0.3) is 0 Å². The van der Waals surface area contributed by atoms with Gasteiger partial charge in [-0.1, -0.05) is 220 Å². The van der Waals surface area contributed by atoms with Crippen LogP contribution < -0.4 is 0 Å². The average molecular weight is 929 g/mol. The molecule has 0 heterocycles. The first-order valence-electron chi connectivity index (χ1n) is 27.4. The zero-order valence-electron chi connectivity index (χ0n) is 43.4. The highest BCUT2D eigenvalue weighted by molar-refractivity contribution is 5.71. The highest BCUT2D eigenvalue weighted by atomic mass is 16.6. The molecule has 67 heavy (non-hydrogen) atoms. The summed E-state index contributed by atoms with van der Waals surface area (Å²) >= 11 is 0. The molecular weight excluding hydrogens is 829 g/mol. The Balaban J connectivity index is 4.41. The Morgan fingerprint density at radius 1 is 0.313 bits per heavy atom. The largest absolute Gasteiger partial charge is 0.462 e. The molecule has 1 atom stereocenters. The van der Waals surface area contributed by atoms with Gasteiger partial charge in [-0.2, -0.15) is 0 Å². The van der Waals surface area contributed by atoms with Gasteiger partial charge < -0.3 is 14.2 Å². The van der Waals surface area contributed by atoms with E-state index in [1.807, 2.05) is 12.2 Å². The zero-order valence-corrected chi connectivity index (χ0v) is 43.4. The molecule has 0 amide bonds. The molecule has 1 unspecified atom stereocenters. The summed E-state index contributed by atoms with van der Waals surface area (Å²) in [6.07, 6.45) is 73.8. The van der Waals surface area contributed by atoms with Gasteiger partial charge in [-0.3, -0.25) is 14.4 Å². The lowest BCUT2D eigenvalue weighted by Gasteiger charge is -2.18. The van der Waals surface area contributed by atoms with Crippen LogP contribution in [-0.2, 0) is 28.6 Å². The van der Waals surface area contributed by atoms with Crippen LogP contribution in [0.4, 0.5) is 0 Å². The summed E-state index contributed by atoms with van der Waals surface area (Å²) in [4.78, 5) is 38.0. The van der Waals surface area contributed by atoms with E-state index in [1.165, 1.54) is 77.0 Å². The highest BCUT2D eigenvalue weighted by Crippen LogP contribution is 2.13. The van der Waals surface area contributed by atoms with Crippen LogP contribution in [0, 0.1) is 0 Å². The molecule has 0 saturated heterocycles. The van der Waals surface area contributed by atoms with Crippen LogP contribution in [0.1, 0.15) is 239 Å². The van der Waals surface area contributed by atoms with Gasteiger partial charge in [0.15, 0.2) is 6.10 Å². The summed E-state index contributed by atoms with van der Waals surface area (Å²) in [6, 6.07) is 0. The van der Waals surface area contributed by atoms with Crippen molar-refractivity contribution in [1.29, 1.82) is 0 Å². The summed E-state index contributed by atoms with van der Waals surface area (Å²) in [5.41, 5.74) is 0. The summed E-state index contributed by atoms with van der Waals surface area (Å²) in [6.45, 7) is 6.36. The van der Waals surface area contributed by atoms with Gasteiger partial charge in [0.2, 0.25) is 0 Å². The van der Waals surface area contributed by atoms with Crippen LogP contribution in [0.3, 0.4) is 0 Å². The molecule has 0 fully saturated rings. The van der Waals surface area contributed by atoms with E-state index in [4.69, 9.17) is 14.2 Å². The molecular formula is C61H100O6. The normalized spacial score (nSPS) is 12.9. The minimum Gasteiger partial charge on any atom is -0.462 e. The molecule has 0 N–H and O–H groups in total. The van der Waals surface area contributed by atoms with Crippen molar-refractivity contribution in [2.45, 2.75) is 245 Å². The second-order valence-corrected chi connectivity index (χ2v) is 17.7. The highest BCUT2D eigenvalue weighted by Gasteiger charge is 2.19. The van der Waals surface area contributed by atoms with Gasteiger partial charge in [-0.15, -0.1) is 0 Å². The van der Waals surface area contributed by atoms with Crippen LogP contribution in [0.2, 0.25) is 0 Å². The van der Waals surface area contributed by atoms with Gasteiger partial charge >= 0.3 is 17.9 Å². The number of unbranched alkanes of at least 4 members (excludes halogenated alkanes) is 19. The smallest absolute Gasteiger partial charge is 0.306 e. The molecule has 0 bridgehead atoms. The molecule has 0 rings (SSSR count). The Morgan fingerprint density at radius 2 is 0.642 bits per heavy atom. The van der Waals surface area contributed by atoms with Gasteiger partial charge in [-0.05, 0) is 109 Å². The van der Waals surface area contributed by atoms with E-state index < -0.39 is 12.1 Å². The predicted molar refractivity (Wildman–Crippen MR) is 288 cm³/mol. The van der Waals surface area contributed by atoms with Crippen molar-refractivity contribution < 1.29 is 28.6 Å². The van der Waals surface area contributed by atoms with E-state index >= 15 is 0 Å². The molecule has 0 aliphatic rings. The lowest BCUT2D eigenvalue weighted by atomic mass is 10.1. The van der Waals surface area contributed by atoms with Crippen LogP contribution in [0.5, 0.6) is 0 Å². The van der Waals surface area contributed by atoms with Crippen LogP contribution >= 0.6 is 0 Å². The molecule has 0 spiro atoms. The Bertz CT molecular complexity index is 1390. The van der Waals surface area contributed by atoms with Crippen molar-refractivity contribution >= 4 is 17.9 Å². The monoisotopic (exact) mass is 929 g/mol. The van der Waals surface area contributed by atoms with Gasteiger partial charge in [0.05, 0.1) is 0 Å². The van der Waals surface area contributed by atoms with Gasteiger partial charge in [0, 0.05) is 19.3 Å². The minimum absolute atomic E-state index is 0.117. The van der Waals surface area contributed by atoms with E-state index in [9.17, 15) is 14.4 Å². The van der Waals surface area contributed by atoms with E-state index in [0.29, 0.717) is 19.3 Å². The second kappa shape index (κ2) is 54.7. The van der Waals surface area contributed by atoms with E-state index in [2.05, 4.69) is 118 Å². The Morgan fingerprint density at radius 3 is 1.03 bits per heavy atom. The number of hydrogen-bond donors (Lipinski definition) is 0. The van der Waals surface area contributed by atoms with E-state index in [1.54, 1.807) is 0 Å². The number of carbonyl (C=O) groups is 3. The van der Waals surface area contributed by atoms with Crippen molar-refractivity contribution in [2.75, 3.05) is 13.2 Å². The standard InChI is InChI=1S/C61H100O6/c1-4-7-10-13-16-19-22-25-26-27-28-29-30-31-32-33-34-37-39-42-45-48-51-54-60(63)66-57-58(67-61(64)55-52-49-46-43-40-36-24-21-18-15-12-9-6-3)56-65-59(62)53-50-47-44-41-38-35-23-20-17-14-11-8-5-2/h9,11-12,14,18,20-23,25,27-28,30-31,36,40,46,49,58H,4-8,10,13,15-17,19,24,26,29,32-35,37-39,41-45,47-48,50-57H2,1-3H3/b12-9-,14-11-,21-18-,23-20-,25-22-,28-27-,31-30-,40-36-,49-46-. The molecule has 380 valence electrons. The third-order valence-electron chi connectivity index (χ3n) is 11.2. The SMILES string of the molecule is CC/C=C\C/C=C\C/C=C\C/C=C\CCC(=O)OC(COC(=O)CCCCCCC/C=C\C/C=C\CCC)COC(=O)CCCCCCCCCC/C=C\C/C=C\C/C=C\CCCCCCC. The van der Waals surface area contributed by atoms with Crippen LogP contribution in [0.25, 0.3) is 0 Å². The fourth-order valence-corrected chi connectivity index (χ4v) is 7.15. The number of carbonyl (C=O) groups excluding carboxylic acids is 3. The summed E-state index contributed by atoms with van der Waals surface area (Å²) in [5, 5.41) is 0. The van der Waals surface area contributed by atoms with E-state index in [0.717, 1.165) is 116 Å². The maximum atomic E-state index is 12.8. The summed E-state index contributed by atoms with van der Waals surface area (Å²) in [5.74, 6) is -1.02. The number of ether oxygens (including phenoxy) is 3. The number of allylic oxidation sites excluding steroid dienone is 18. The fourth-order valence-electron chi connectivity index (χ4n) is 7.15. The fraction of sp³-hybridized carbons (Fsp3) is 0.656. The van der Waals surface area contributed by atoms with Crippen molar-refractivity contribution in [1.82, 2.24) is 0 Å². The first kappa shape index (κ1) is 63.1. The lowest BCUT2D eigenvalue weighted by Crippen LogP contribution is -2.30. The topological polar surface area (TPSA) is 78.9 Å². The summed E-state index contributed by atoms with van der Waals surface area (Å²) < 4.78 is 16.7. The Labute approximate surface area is 412 Å². The molecule has 0 aromatic heterocycles. The quantitative estimate of drug-likeness (QED) is 0.0262. The van der Waals surface area contributed by atoms with Crippen LogP contribution in [-0.4, -0.2) is 37.2 Å². The van der Waals surface area contributed by atoms with Crippen LogP contribution in [0.15, 0.2) is 109 Å². The molecule has 6 nitrogen and oxygen atoms in total. The van der Waals surface area contributed by atoms with Gasteiger partial charge in [-0.25, -0.2) is 0 Å². The first-order valence-corrected chi connectivity index (χ1v) is 27.4. The van der Waals surface area contributed by atoms with Crippen molar-refractivity contribution in [3.8, 4) is 0 Å². The first-order chi connectivity index (χ1) is 33.0. The molecule has 6 heteroatoms. The Kier molecular flexibility index (Phi) is 51.5. The predicted octanol–water partition coefficient (Wildman–Crippen LogP) is 18.3. The number of rotatable bonds is 48. The third-order valence-corrected chi connectivity index (χ3v) is 11.2. The molecule has 0 saturated carbocycles. The van der Waals surface area contributed by atoms with Crippen molar-refractivity contribution in [3.05, 3.63) is 109 Å². The van der Waals surface area contributed by atoms with Crippen molar-refractivity contribution in [2.24, 2.45) is 0 Å². The Hall–Kier alpha value is -3.93. The lowest BCUT2D eigenvalue weighted by molar-refractivity contribution is -0.166. The van der Waals surface area contributed by atoms with Gasteiger partial charge in [0.1, 0.15) is 13.2 Å². The van der Waals surface area contributed by atoms with E-state index in [-0.39, 0.29) is 31.6 Å². The molecule has 0 aliphatic heterocycles. The molecule has 0 radical (unpaired) electrons. The number of hydrogen-bond acceptors (Lipinski definition) is 6. The van der Waals surface area contributed by atoms with Crippen molar-refractivity contribution in [3.63, 3.8) is 0 Å². The molecule has 0 aliphatic carbocycles. The maximum Gasteiger partial charge on any atom is 0.306 e. The summed E-state index contributed by atoms with van der Waals surface area (Å²) in [7, 11) is 0. The maximum absolute atomic E-state index is 12.8. The average Bonchev–Trinajstić information content (AvgIpc) is 3.33. The second-order valence-electron chi connectivity index (χ2n) is 17.7. The molecule has 0 aromatic carbocycles. The molecule has 0 aromatic rings. The zero-order chi connectivity index (χ0) is 48.6.